The summed E-state index contributed by atoms with van der Waals surface area (Å²) in [5.41, 5.74) is 0.396. The van der Waals surface area contributed by atoms with E-state index >= 15 is 0 Å². The number of amides is 2. The summed E-state index contributed by atoms with van der Waals surface area (Å²) >= 11 is 0. The van der Waals surface area contributed by atoms with Gasteiger partial charge in [-0.25, -0.2) is 0 Å². The second-order valence-corrected chi connectivity index (χ2v) is 5.09. The third-order valence-corrected chi connectivity index (χ3v) is 3.38. The van der Waals surface area contributed by atoms with Crippen LogP contribution in [0.25, 0.3) is 0 Å². The molecule has 2 amide bonds. The van der Waals surface area contributed by atoms with Gasteiger partial charge >= 0.3 is 0 Å². The Balaban J connectivity index is 2.96. The minimum Gasteiger partial charge on any atom is -0.340 e. The molecule has 1 N–H and O–H groups in total. The Morgan fingerprint density at radius 2 is 2.06 bits per heavy atom. The highest BCUT2D eigenvalue weighted by atomic mass is 16.2. The lowest BCUT2D eigenvalue weighted by molar-refractivity contribution is -0.153. The first kappa shape index (κ1) is 13.7. The highest BCUT2D eigenvalue weighted by Crippen LogP contribution is 2.21. The van der Waals surface area contributed by atoms with E-state index in [1.807, 2.05) is 26.8 Å². The summed E-state index contributed by atoms with van der Waals surface area (Å²) in [7, 11) is 0. The molecule has 0 saturated carbocycles. The van der Waals surface area contributed by atoms with Crippen molar-refractivity contribution in [1.82, 2.24) is 10.2 Å². The predicted octanol–water partition coefficient (Wildman–Crippen LogP) is 1.47. The highest BCUT2D eigenvalue weighted by molar-refractivity contribution is 5.99. The van der Waals surface area contributed by atoms with Crippen molar-refractivity contribution in [2.24, 2.45) is 0 Å². The van der Waals surface area contributed by atoms with E-state index in [1.54, 1.807) is 18.7 Å². The smallest absolute Gasteiger partial charge is 0.248 e. The van der Waals surface area contributed by atoms with Crippen LogP contribution in [-0.2, 0) is 9.59 Å². The zero-order valence-electron chi connectivity index (χ0n) is 11.3. The molecule has 1 fully saturated rings. The fourth-order valence-corrected chi connectivity index (χ4v) is 1.83. The molecule has 0 bridgehead atoms. The van der Waals surface area contributed by atoms with Crippen LogP contribution >= 0.6 is 0 Å². The van der Waals surface area contributed by atoms with Crippen LogP contribution in [0, 0.1) is 0 Å². The van der Waals surface area contributed by atoms with Gasteiger partial charge in [-0.2, -0.15) is 0 Å². The number of carbonyl (C=O) groups is 2. The summed E-state index contributed by atoms with van der Waals surface area (Å²) in [5.74, 6) is -0.0688. The molecule has 1 aliphatic heterocycles. The van der Waals surface area contributed by atoms with Gasteiger partial charge in [0.15, 0.2) is 0 Å². The Hall–Kier alpha value is -1.32. The van der Waals surface area contributed by atoms with Crippen LogP contribution in [0.2, 0.25) is 0 Å². The Morgan fingerprint density at radius 3 is 2.53 bits per heavy atom. The molecule has 1 aliphatic rings. The number of carbonyl (C=O) groups excluding carboxylic acids is 2. The lowest BCUT2D eigenvalue weighted by atomic mass is 9.92. The van der Waals surface area contributed by atoms with Gasteiger partial charge in [-0.15, -0.1) is 0 Å². The molecule has 4 heteroatoms. The lowest BCUT2D eigenvalue weighted by Gasteiger charge is -2.42. The molecule has 17 heavy (non-hydrogen) atoms. The van der Waals surface area contributed by atoms with Gasteiger partial charge in [0.05, 0.1) is 0 Å². The zero-order valence-corrected chi connectivity index (χ0v) is 11.3. The van der Waals surface area contributed by atoms with E-state index in [4.69, 9.17) is 0 Å². The van der Waals surface area contributed by atoms with Crippen molar-refractivity contribution in [3.8, 4) is 0 Å². The molecule has 0 aliphatic carbocycles. The Labute approximate surface area is 103 Å². The summed E-state index contributed by atoms with van der Waals surface area (Å²) in [5, 5.41) is 2.81. The van der Waals surface area contributed by atoms with E-state index in [9.17, 15) is 9.59 Å². The quantitative estimate of drug-likeness (QED) is 0.757. The summed E-state index contributed by atoms with van der Waals surface area (Å²) in [6.07, 6.45) is 2.58. The number of hydrogen-bond acceptors (Lipinski definition) is 2. The molecule has 0 aromatic rings. The Morgan fingerprint density at radius 1 is 1.47 bits per heavy atom. The first-order valence-electron chi connectivity index (χ1n) is 6.08. The van der Waals surface area contributed by atoms with Crippen LogP contribution in [0.3, 0.4) is 0 Å². The summed E-state index contributed by atoms with van der Waals surface area (Å²) < 4.78 is 0. The molecule has 1 heterocycles. The lowest BCUT2D eigenvalue weighted by Crippen LogP contribution is -2.68. The molecule has 0 aromatic heterocycles. The van der Waals surface area contributed by atoms with Crippen LogP contribution in [0.1, 0.15) is 41.0 Å². The van der Waals surface area contributed by atoms with Gasteiger partial charge in [-0.3, -0.25) is 9.59 Å². The van der Waals surface area contributed by atoms with Gasteiger partial charge in [0, 0.05) is 6.54 Å². The predicted molar refractivity (Wildman–Crippen MR) is 67.4 cm³/mol. The second kappa shape index (κ2) is 4.90. The van der Waals surface area contributed by atoms with Crippen molar-refractivity contribution in [1.29, 1.82) is 0 Å². The van der Waals surface area contributed by atoms with Gasteiger partial charge in [0.25, 0.3) is 0 Å². The largest absolute Gasteiger partial charge is 0.340 e. The molecule has 1 saturated heterocycles. The maximum atomic E-state index is 12.3. The fourth-order valence-electron chi connectivity index (χ4n) is 1.83. The number of rotatable bonds is 3. The summed E-state index contributed by atoms with van der Waals surface area (Å²) in [4.78, 5) is 25.8. The van der Waals surface area contributed by atoms with E-state index in [1.165, 1.54) is 0 Å². The van der Waals surface area contributed by atoms with E-state index in [2.05, 4.69) is 5.32 Å². The Kier molecular flexibility index (Phi) is 3.96. The van der Waals surface area contributed by atoms with E-state index < -0.39 is 11.6 Å². The van der Waals surface area contributed by atoms with Crippen LogP contribution in [0.15, 0.2) is 11.6 Å². The third-order valence-electron chi connectivity index (χ3n) is 3.38. The van der Waals surface area contributed by atoms with E-state index in [-0.39, 0.29) is 11.8 Å². The van der Waals surface area contributed by atoms with Gasteiger partial charge in [-0.1, -0.05) is 18.6 Å². The molecule has 2 atom stereocenters. The zero-order chi connectivity index (χ0) is 13.2. The van der Waals surface area contributed by atoms with Gasteiger partial charge in [-0.05, 0) is 34.1 Å². The normalized spacial score (nSPS) is 29.0. The fraction of sp³-hybridized carbons (Fsp3) is 0.692. The SMILES string of the molecule is CCC1(C)NC(=O)C(C)N(CC=C(C)C)C1=O. The van der Waals surface area contributed by atoms with Gasteiger partial charge < -0.3 is 10.2 Å². The maximum Gasteiger partial charge on any atom is 0.248 e. The monoisotopic (exact) mass is 238 g/mol. The van der Waals surface area contributed by atoms with E-state index in [0.29, 0.717) is 13.0 Å². The number of nitrogens with zero attached hydrogens (tertiary/aromatic N) is 1. The topological polar surface area (TPSA) is 49.4 Å². The first-order chi connectivity index (χ1) is 7.81. The first-order valence-corrected chi connectivity index (χ1v) is 6.08. The molecule has 1 rings (SSSR count). The standard InChI is InChI=1S/C13H22N2O2/c1-6-13(5)12(17)15(8-7-9(2)3)10(4)11(16)14-13/h7,10H,6,8H2,1-5H3,(H,14,16). The molecule has 2 unspecified atom stereocenters. The van der Waals surface area contributed by atoms with Crippen molar-refractivity contribution in [3.05, 3.63) is 11.6 Å². The average Bonchev–Trinajstić information content (AvgIpc) is 2.26. The second-order valence-electron chi connectivity index (χ2n) is 5.09. The molecule has 0 aromatic carbocycles. The van der Waals surface area contributed by atoms with Gasteiger partial charge in [0.2, 0.25) is 11.8 Å². The average molecular weight is 238 g/mol. The minimum atomic E-state index is -0.751. The molecule has 4 nitrogen and oxygen atoms in total. The molecule has 96 valence electrons. The minimum absolute atomic E-state index is 0.00426. The number of allylic oxidation sites excluding steroid dienone is 1. The molecule has 0 spiro atoms. The van der Waals surface area contributed by atoms with Crippen LogP contribution < -0.4 is 5.32 Å². The van der Waals surface area contributed by atoms with Gasteiger partial charge in [0.1, 0.15) is 11.6 Å². The molecule has 0 radical (unpaired) electrons. The van der Waals surface area contributed by atoms with Crippen LogP contribution in [0.4, 0.5) is 0 Å². The third kappa shape index (κ3) is 2.68. The molecular formula is C13H22N2O2. The van der Waals surface area contributed by atoms with Crippen molar-refractivity contribution in [2.45, 2.75) is 52.6 Å². The van der Waals surface area contributed by atoms with Crippen LogP contribution in [-0.4, -0.2) is 34.8 Å². The molecular weight excluding hydrogens is 216 g/mol. The van der Waals surface area contributed by atoms with Crippen molar-refractivity contribution in [2.75, 3.05) is 6.54 Å². The van der Waals surface area contributed by atoms with Crippen molar-refractivity contribution < 1.29 is 9.59 Å². The summed E-state index contributed by atoms with van der Waals surface area (Å²) in [6, 6.07) is -0.391. The number of piperazine rings is 1. The Bertz CT molecular complexity index is 358. The summed E-state index contributed by atoms with van der Waals surface area (Å²) in [6.45, 7) is 9.94. The van der Waals surface area contributed by atoms with Crippen molar-refractivity contribution >= 4 is 11.8 Å². The highest BCUT2D eigenvalue weighted by Gasteiger charge is 2.44. The van der Waals surface area contributed by atoms with Crippen LogP contribution in [0.5, 0.6) is 0 Å². The number of nitrogens with one attached hydrogen (secondary N) is 1. The number of hydrogen-bond donors (Lipinski definition) is 1. The van der Waals surface area contributed by atoms with Crippen molar-refractivity contribution in [3.63, 3.8) is 0 Å². The maximum absolute atomic E-state index is 12.3. The van der Waals surface area contributed by atoms with E-state index in [0.717, 1.165) is 5.57 Å².